The summed E-state index contributed by atoms with van der Waals surface area (Å²) in [5, 5.41) is 14.2. The molecule has 0 unspecified atom stereocenters. The highest BCUT2D eigenvalue weighted by atomic mass is 32.1. The molecule has 2 rings (SSSR count). The van der Waals surface area contributed by atoms with Crippen LogP contribution in [0.25, 0.3) is 0 Å². The second kappa shape index (κ2) is 6.34. The quantitative estimate of drug-likeness (QED) is 0.828. The predicted octanol–water partition coefficient (Wildman–Crippen LogP) is 3.87. The van der Waals surface area contributed by atoms with Gasteiger partial charge in [-0.3, -0.25) is 0 Å². The monoisotopic (exact) mass is 253 g/mol. The maximum Gasteiger partial charge on any atom is 0.205 e. The van der Waals surface area contributed by atoms with Crippen molar-refractivity contribution in [3.63, 3.8) is 0 Å². The second-order valence-electron chi connectivity index (χ2n) is 5.43. The third kappa shape index (κ3) is 4.26. The van der Waals surface area contributed by atoms with Gasteiger partial charge in [0.1, 0.15) is 5.01 Å². The summed E-state index contributed by atoms with van der Waals surface area (Å²) in [5.74, 6) is 0.661. The van der Waals surface area contributed by atoms with Crippen LogP contribution in [0.15, 0.2) is 0 Å². The van der Waals surface area contributed by atoms with E-state index in [9.17, 15) is 0 Å². The Kier molecular flexibility index (Phi) is 4.77. The van der Waals surface area contributed by atoms with Gasteiger partial charge in [-0.15, -0.1) is 10.2 Å². The maximum absolute atomic E-state index is 4.25. The van der Waals surface area contributed by atoms with Crippen LogP contribution in [0.3, 0.4) is 0 Å². The van der Waals surface area contributed by atoms with Crippen molar-refractivity contribution in [2.24, 2.45) is 5.92 Å². The van der Waals surface area contributed by atoms with Crippen LogP contribution in [0, 0.1) is 5.92 Å². The molecule has 17 heavy (non-hydrogen) atoms. The van der Waals surface area contributed by atoms with Gasteiger partial charge < -0.3 is 5.32 Å². The first-order chi connectivity index (χ1) is 8.24. The summed E-state index contributed by atoms with van der Waals surface area (Å²) in [6.45, 7) is 4.44. The third-order valence-corrected chi connectivity index (χ3v) is 4.11. The zero-order valence-corrected chi connectivity index (χ0v) is 11.7. The molecule has 1 aromatic heterocycles. The van der Waals surface area contributed by atoms with Gasteiger partial charge in [0, 0.05) is 12.5 Å². The van der Waals surface area contributed by atoms with E-state index in [0.29, 0.717) is 12.0 Å². The maximum atomic E-state index is 4.25. The molecule has 1 aliphatic rings. The summed E-state index contributed by atoms with van der Waals surface area (Å²) in [6.07, 6.45) is 9.13. The molecule has 0 spiro atoms. The van der Waals surface area contributed by atoms with Crippen LogP contribution in [0.5, 0.6) is 0 Å². The van der Waals surface area contributed by atoms with Gasteiger partial charge in [-0.1, -0.05) is 50.9 Å². The molecule has 0 aromatic carbocycles. The Morgan fingerprint density at radius 1 is 1.18 bits per heavy atom. The molecule has 0 saturated heterocycles. The number of anilines is 1. The van der Waals surface area contributed by atoms with E-state index in [0.717, 1.165) is 16.6 Å². The predicted molar refractivity (Wildman–Crippen MR) is 73.6 cm³/mol. The van der Waals surface area contributed by atoms with Crippen molar-refractivity contribution in [2.75, 3.05) is 5.32 Å². The molecule has 1 aromatic rings. The third-order valence-electron chi connectivity index (χ3n) is 3.23. The number of nitrogens with one attached hydrogen (secondary N) is 1. The normalized spacial score (nSPS) is 18.3. The number of aromatic nitrogens is 2. The number of rotatable bonds is 4. The zero-order valence-electron chi connectivity index (χ0n) is 10.9. The van der Waals surface area contributed by atoms with Crippen LogP contribution in [-0.2, 0) is 6.42 Å². The lowest BCUT2D eigenvalue weighted by molar-refractivity contribution is 0.618. The summed E-state index contributed by atoms with van der Waals surface area (Å²) < 4.78 is 0. The largest absolute Gasteiger partial charge is 0.357 e. The van der Waals surface area contributed by atoms with Crippen molar-refractivity contribution in [1.29, 1.82) is 0 Å². The Hall–Kier alpha value is -0.640. The Balaban J connectivity index is 1.86. The van der Waals surface area contributed by atoms with E-state index >= 15 is 0 Å². The van der Waals surface area contributed by atoms with Crippen molar-refractivity contribution in [3.05, 3.63) is 5.01 Å². The van der Waals surface area contributed by atoms with Crippen LogP contribution in [0.1, 0.15) is 57.4 Å². The molecule has 4 heteroatoms. The average molecular weight is 253 g/mol. The van der Waals surface area contributed by atoms with Gasteiger partial charge in [0.15, 0.2) is 0 Å². The minimum atomic E-state index is 0.623. The van der Waals surface area contributed by atoms with Gasteiger partial charge in [0.05, 0.1) is 0 Å². The van der Waals surface area contributed by atoms with Crippen molar-refractivity contribution in [3.8, 4) is 0 Å². The Morgan fingerprint density at radius 3 is 2.53 bits per heavy atom. The van der Waals surface area contributed by atoms with Crippen LogP contribution in [0.2, 0.25) is 0 Å². The number of hydrogen-bond acceptors (Lipinski definition) is 4. The Morgan fingerprint density at radius 2 is 1.88 bits per heavy atom. The molecule has 1 fully saturated rings. The molecule has 1 saturated carbocycles. The molecular weight excluding hydrogens is 230 g/mol. The lowest BCUT2D eigenvalue weighted by atomic mass is 10.1. The van der Waals surface area contributed by atoms with E-state index in [1.165, 1.54) is 38.5 Å². The van der Waals surface area contributed by atoms with Crippen LogP contribution >= 0.6 is 11.3 Å². The summed E-state index contributed by atoms with van der Waals surface area (Å²) in [6, 6.07) is 0.623. The molecule has 96 valence electrons. The molecule has 0 amide bonds. The van der Waals surface area contributed by atoms with E-state index in [2.05, 4.69) is 29.4 Å². The lowest BCUT2D eigenvalue weighted by Gasteiger charge is -2.14. The molecule has 3 nitrogen and oxygen atoms in total. The molecule has 1 heterocycles. The van der Waals surface area contributed by atoms with E-state index < -0.39 is 0 Å². The second-order valence-corrected chi connectivity index (χ2v) is 6.49. The first kappa shape index (κ1) is 12.8. The Labute approximate surface area is 108 Å². The van der Waals surface area contributed by atoms with Crippen LogP contribution in [0.4, 0.5) is 5.13 Å². The summed E-state index contributed by atoms with van der Waals surface area (Å²) in [5.41, 5.74) is 0. The standard InChI is InChI=1S/C13H23N3S/c1-10(2)9-12-15-16-13(17-12)14-11-7-5-3-4-6-8-11/h10-11H,3-9H2,1-2H3,(H,14,16). The van der Waals surface area contributed by atoms with E-state index in [1.54, 1.807) is 11.3 Å². The summed E-state index contributed by atoms with van der Waals surface area (Å²) >= 11 is 1.73. The molecule has 1 N–H and O–H groups in total. The van der Waals surface area contributed by atoms with Crippen molar-refractivity contribution >= 4 is 16.5 Å². The Bertz CT molecular complexity index is 327. The highest BCUT2D eigenvalue weighted by Crippen LogP contribution is 2.24. The fourth-order valence-electron chi connectivity index (χ4n) is 2.34. The van der Waals surface area contributed by atoms with Crippen molar-refractivity contribution in [2.45, 2.75) is 64.8 Å². The first-order valence-corrected chi connectivity index (χ1v) is 7.64. The van der Waals surface area contributed by atoms with Crippen LogP contribution in [-0.4, -0.2) is 16.2 Å². The van der Waals surface area contributed by atoms with E-state index in [1.807, 2.05) is 0 Å². The number of hydrogen-bond donors (Lipinski definition) is 1. The molecule has 0 aliphatic heterocycles. The topological polar surface area (TPSA) is 37.8 Å². The number of nitrogens with zero attached hydrogens (tertiary/aromatic N) is 2. The van der Waals surface area contributed by atoms with E-state index in [-0.39, 0.29) is 0 Å². The average Bonchev–Trinajstić information content (AvgIpc) is 2.54. The highest BCUT2D eigenvalue weighted by molar-refractivity contribution is 7.15. The molecular formula is C13H23N3S. The molecule has 0 atom stereocenters. The molecule has 1 aliphatic carbocycles. The van der Waals surface area contributed by atoms with Gasteiger partial charge in [-0.05, 0) is 18.8 Å². The van der Waals surface area contributed by atoms with Crippen molar-refractivity contribution in [1.82, 2.24) is 10.2 Å². The minimum Gasteiger partial charge on any atom is -0.357 e. The summed E-state index contributed by atoms with van der Waals surface area (Å²) in [7, 11) is 0. The fourth-order valence-corrected chi connectivity index (χ4v) is 3.37. The first-order valence-electron chi connectivity index (χ1n) is 6.83. The van der Waals surface area contributed by atoms with Crippen LogP contribution < -0.4 is 5.32 Å². The highest BCUT2D eigenvalue weighted by Gasteiger charge is 2.14. The molecule has 0 radical (unpaired) electrons. The zero-order chi connectivity index (χ0) is 12.1. The van der Waals surface area contributed by atoms with Gasteiger partial charge in [0.2, 0.25) is 5.13 Å². The minimum absolute atomic E-state index is 0.623. The fraction of sp³-hybridized carbons (Fsp3) is 0.846. The van der Waals surface area contributed by atoms with Gasteiger partial charge in [0.25, 0.3) is 0 Å². The molecule has 0 bridgehead atoms. The smallest absolute Gasteiger partial charge is 0.205 e. The van der Waals surface area contributed by atoms with Crippen molar-refractivity contribution < 1.29 is 0 Å². The van der Waals surface area contributed by atoms with Gasteiger partial charge >= 0.3 is 0 Å². The van der Waals surface area contributed by atoms with Gasteiger partial charge in [-0.25, -0.2) is 0 Å². The lowest BCUT2D eigenvalue weighted by Crippen LogP contribution is -2.17. The van der Waals surface area contributed by atoms with Gasteiger partial charge in [-0.2, -0.15) is 0 Å². The SMILES string of the molecule is CC(C)Cc1nnc(NC2CCCCCC2)s1. The van der Waals surface area contributed by atoms with E-state index in [4.69, 9.17) is 0 Å². The summed E-state index contributed by atoms with van der Waals surface area (Å²) in [4.78, 5) is 0.